The number of carbonyl (C=O) groups excluding carboxylic acids is 3. The zero-order valence-corrected chi connectivity index (χ0v) is 15.8. The minimum Gasteiger partial charge on any atom is -0.485 e. The number of thiophene rings is 1. The van der Waals surface area contributed by atoms with Crippen LogP contribution in [0.5, 0.6) is 11.5 Å². The highest BCUT2D eigenvalue weighted by atomic mass is 32.1. The van der Waals surface area contributed by atoms with Gasteiger partial charge in [-0.25, -0.2) is 4.79 Å². The number of ether oxygens (including phenoxy) is 3. The summed E-state index contributed by atoms with van der Waals surface area (Å²) in [7, 11) is 0. The number of amides is 2. The number of hydrogen-bond donors (Lipinski definition) is 2. The van der Waals surface area contributed by atoms with E-state index < -0.39 is 30.5 Å². The minimum absolute atomic E-state index is 0.0145. The van der Waals surface area contributed by atoms with Crippen molar-refractivity contribution < 1.29 is 28.6 Å². The lowest BCUT2D eigenvalue weighted by atomic mass is 10.2. The Morgan fingerprint density at radius 1 is 1.21 bits per heavy atom. The molecular weight excluding hydrogens is 384 g/mol. The Bertz CT molecular complexity index is 907. The molecule has 28 heavy (non-hydrogen) atoms. The number of hydrogen-bond acceptors (Lipinski definition) is 7. The van der Waals surface area contributed by atoms with Crippen LogP contribution in [0.3, 0.4) is 0 Å². The monoisotopic (exact) mass is 402 g/mol. The van der Waals surface area contributed by atoms with E-state index in [0.717, 1.165) is 10.4 Å². The summed E-state index contributed by atoms with van der Waals surface area (Å²) in [5, 5.41) is 1.91. The largest absolute Gasteiger partial charge is 0.485 e. The van der Waals surface area contributed by atoms with Gasteiger partial charge in [0.2, 0.25) is 6.10 Å². The van der Waals surface area contributed by atoms with Gasteiger partial charge in [0.1, 0.15) is 6.61 Å². The molecule has 0 spiro atoms. The third-order valence-corrected chi connectivity index (χ3v) is 4.73. The Balaban J connectivity index is 1.38. The van der Waals surface area contributed by atoms with E-state index in [0.29, 0.717) is 11.5 Å². The maximum absolute atomic E-state index is 12.1. The van der Waals surface area contributed by atoms with Crippen molar-refractivity contribution in [1.29, 1.82) is 0 Å². The summed E-state index contributed by atoms with van der Waals surface area (Å²) in [4.78, 5) is 36.4. The molecule has 0 saturated carbocycles. The zero-order valence-electron chi connectivity index (χ0n) is 15.0. The molecule has 1 aromatic carbocycles. The predicted octanol–water partition coefficient (Wildman–Crippen LogP) is 1.60. The number of nitrogens with one attached hydrogen (secondary N) is 2. The van der Waals surface area contributed by atoms with Crippen LogP contribution in [0.25, 0.3) is 6.08 Å². The number of fused-ring (bicyclic) bond motifs is 1. The molecule has 1 aliphatic rings. The summed E-state index contributed by atoms with van der Waals surface area (Å²) in [5.41, 5.74) is 5.43. The van der Waals surface area contributed by atoms with Crippen molar-refractivity contribution in [2.75, 3.05) is 13.2 Å². The van der Waals surface area contributed by atoms with Crippen LogP contribution in [0.2, 0.25) is 0 Å². The number of para-hydroxylation sites is 2. The topological polar surface area (TPSA) is 103 Å². The number of hydrazine groups is 1. The molecular formula is C19H18N2O6S. The molecule has 0 saturated heterocycles. The summed E-state index contributed by atoms with van der Waals surface area (Å²) >= 11 is 1.49. The van der Waals surface area contributed by atoms with Gasteiger partial charge in [-0.2, -0.15) is 0 Å². The van der Waals surface area contributed by atoms with E-state index in [4.69, 9.17) is 14.2 Å². The molecule has 1 atom stereocenters. The normalized spacial score (nSPS) is 15.1. The van der Waals surface area contributed by atoms with Crippen LogP contribution in [0.15, 0.2) is 41.8 Å². The Morgan fingerprint density at radius 3 is 2.75 bits per heavy atom. The zero-order chi connectivity index (χ0) is 19.9. The van der Waals surface area contributed by atoms with Crippen LogP contribution in [-0.4, -0.2) is 37.1 Å². The fourth-order valence-corrected chi connectivity index (χ4v) is 3.10. The molecule has 0 aliphatic carbocycles. The molecule has 2 amide bonds. The second-order valence-electron chi connectivity index (χ2n) is 5.81. The van der Waals surface area contributed by atoms with Crippen LogP contribution in [0.4, 0.5) is 0 Å². The Morgan fingerprint density at radius 2 is 2.00 bits per heavy atom. The average molecular weight is 402 g/mol. The van der Waals surface area contributed by atoms with Gasteiger partial charge in [0.15, 0.2) is 18.1 Å². The molecule has 146 valence electrons. The van der Waals surface area contributed by atoms with Crippen molar-refractivity contribution in [1.82, 2.24) is 10.9 Å². The number of carbonyl (C=O) groups is 3. The fraction of sp³-hybridized carbons (Fsp3) is 0.211. The van der Waals surface area contributed by atoms with Crippen molar-refractivity contribution in [3.05, 3.63) is 52.2 Å². The van der Waals surface area contributed by atoms with Gasteiger partial charge in [-0.1, -0.05) is 12.1 Å². The van der Waals surface area contributed by atoms with E-state index >= 15 is 0 Å². The van der Waals surface area contributed by atoms with Crippen molar-refractivity contribution in [2.45, 2.75) is 13.0 Å². The Hall–Kier alpha value is -3.33. The molecule has 0 radical (unpaired) electrons. The number of benzene rings is 1. The van der Waals surface area contributed by atoms with E-state index in [1.165, 1.54) is 17.4 Å². The van der Waals surface area contributed by atoms with Gasteiger partial charge in [-0.15, -0.1) is 11.3 Å². The highest BCUT2D eigenvalue weighted by molar-refractivity contribution is 7.11. The molecule has 0 unspecified atom stereocenters. The SMILES string of the molecule is Cc1ccsc1/C=C/C(=O)OCC(=O)NNC(=O)[C@H]1COc2ccccc2O1. The Kier molecular flexibility index (Phi) is 6.28. The fourth-order valence-electron chi connectivity index (χ4n) is 2.28. The van der Waals surface area contributed by atoms with E-state index in [2.05, 4.69) is 10.9 Å². The number of rotatable bonds is 5. The third-order valence-electron chi connectivity index (χ3n) is 3.74. The van der Waals surface area contributed by atoms with Crippen LogP contribution in [0.1, 0.15) is 10.4 Å². The standard InChI is InChI=1S/C19H18N2O6S/c1-12-8-9-28-16(12)6-7-18(23)26-11-17(22)20-21-19(24)15-10-25-13-4-2-3-5-14(13)27-15/h2-9,15H,10-11H2,1H3,(H,20,22)(H,21,24)/b7-6+/t15-/m1/s1. The molecule has 0 bridgehead atoms. The van der Waals surface area contributed by atoms with Gasteiger partial charge < -0.3 is 14.2 Å². The van der Waals surface area contributed by atoms with Crippen molar-refractivity contribution >= 4 is 35.2 Å². The third kappa shape index (κ3) is 5.10. The first-order valence-corrected chi connectivity index (χ1v) is 9.27. The van der Waals surface area contributed by atoms with Gasteiger partial charge in [-0.3, -0.25) is 20.4 Å². The van der Waals surface area contributed by atoms with Gasteiger partial charge in [0, 0.05) is 11.0 Å². The number of esters is 1. The van der Waals surface area contributed by atoms with Gasteiger partial charge in [0.25, 0.3) is 11.8 Å². The second kappa shape index (κ2) is 9.05. The number of aryl methyl sites for hydroxylation is 1. The maximum Gasteiger partial charge on any atom is 0.331 e. The summed E-state index contributed by atoms with van der Waals surface area (Å²) in [5.74, 6) is -0.924. The summed E-state index contributed by atoms with van der Waals surface area (Å²) in [6.07, 6.45) is 1.96. The molecule has 2 heterocycles. The van der Waals surface area contributed by atoms with Gasteiger partial charge >= 0.3 is 5.97 Å². The van der Waals surface area contributed by atoms with Crippen LogP contribution in [-0.2, 0) is 19.1 Å². The van der Waals surface area contributed by atoms with E-state index in [-0.39, 0.29) is 6.61 Å². The second-order valence-corrected chi connectivity index (χ2v) is 6.76. The lowest BCUT2D eigenvalue weighted by Gasteiger charge is -2.25. The van der Waals surface area contributed by atoms with Gasteiger partial charge in [0.05, 0.1) is 0 Å². The molecule has 2 aromatic rings. The van der Waals surface area contributed by atoms with Gasteiger partial charge in [-0.05, 0) is 42.1 Å². The highest BCUT2D eigenvalue weighted by Crippen LogP contribution is 2.30. The molecule has 9 heteroatoms. The van der Waals surface area contributed by atoms with Crippen molar-refractivity contribution in [3.8, 4) is 11.5 Å². The lowest BCUT2D eigenvalue weighted by molar-refractivity contribution is -0.145. The molecule has 2 N–H and O–H groups in total. The first-order valence-electron chi connectivity index (χ1n) is 8.39. The first-order chi connectivity index (χ1) is 13.5. The van der Waals surface area contributed by atoms with Crippen molar-refractivity contribution in [3.63, 3.8) is 0 Å². The van der Waals surface area contributed by atoms with E-state index in [1.54, 1.807) is 30.3 Å². The van der Waals surface area contributed by atoms with Crippen LogP contribution >= 0.6 is 11.3 Å². The minimum atomic E-state index is -0.908. The first kappa shape index (κ1) is 19.4. The summed E-state index contributed by atoms with van der Waals surface area (Å²) in [6.45, 7) is 1.41. The molecule has 0 fully saturated rings. The quantitative estimate of drug-likeness (QED) is 0.447. The predicted molar refractivity (Wildman–Crippen MR) is 102 cm³/mol. The lowest BCUT2D eigenvalue weighted by Crippen LogP contribution is -2.51. The summed E-state index contributed by atoms with van der Waals surface area (Å²) < 4.78 is 15.8. The maximum atomic E-state index is 12.1. The molecule has 1 aliphatic heterocycles. The molecule has 1 aromatic heterocycles. The molecule has 8 nitrogen and oxygen atoms in total. The average Bonchev–Trinajstić information content (AvgIpc) is 3.13. The van der Waals surface area contributed by atoms with E-state index in [1.807, 2.05) is 18.4 Å². The van der Waals surface area contributed by atoms with Crippen molar-refractivity contribution in [2.24, 2.45) is 0 Å². The van der Waals surface area contributed by atoms with Crippen LogP contribution in [0, 0.1) is 6.92 Å². The Labute approximate surface area is 165 Å². The molecule has 3 rings (SSSR count). The smallest absolute Gasteiger partial charge is 0.331 e. The van der Waals surface area contributed by atoms with Crippen LogP contribution < -0.4 is 20.3 Å². The van der Waals surface area contributed by atoms with E-state index in [9.17, 15) is 14.4 Å². The summed E-state index contributed by atoms with van der Waals surface area (Å²) in [6, 6.07) is 8.89. The highest BCUT2D eigenvalue weighted by Gasteiger charge is 2.27.